The highest BCUT2D eigenvalue weighted by Crippen LogP contribution is 2.06. The van der Waals surface area contributed by atoms with E-state index in [2.05, 4.69) is 5.32 Å². The highest BCUT2D eigenvalue weighted by atomic mass is 35.5. The number of aliphatic hydroxyl groups excluding tert-OH is 1. The molecule has 1 heterocycles. The van der Waals surface area contributed by atoms with Gasteiger partial charge in [0.2, 0.25) is 0 Å². The van der Waals surface area contributed by atoms with Crippen molar-refractivity contribution in [1.29, 1.82) is 0 Å². The second-order valence-electron chi connectivity index (χ2n) is 2.08. The van der Waals surface area contributed by atoms with Crippen molar-refractivity contribution in [3.05, 3.63) is 0 Å². The first-order valence-corrected chi connectivity index (χ1v) is 2.83. The fourth-order valence-electron chi connectivity index (χ4n) is 0.810. The maximum absolute atomic E-state index is 12.3. The topological polar surface area (TPSA) is 32.3 Å². The van der Waals surface area contributed by atoms with Crippen molar-refractivity contribution in [2.45, 2.75) is 18.7 Å². The molecule has 0 aliphatic carbocycles. The second-order valence-corrected chi connectivity index (χ2v) is 2.08. The average molecular weight is 156 g/mol. The number of β-amino-alcohol motifs (C(OH)–C–C–N with tert-alkyl or cyclic N) is 1. The maximum atomic E-state index is 12.3. The molecule has 1 rings (SSSR count). The van der Waals surface area contributed by atoms with Crippen LogP contribution in [0.1, 0.15) is 6.42 Å². The Morgan fingerprint density at radius 3 is 2.56 bits per heavy atom. The minimum atomic E-state index is -1.00. The van der Waals surface area contributed by atoms with Gasteiger partial charge in [0.25, 0.3) is 0 Å². The molecule has 2 atom stereocenters. The quantitative estimate of drug-likeness (QED) is 0.520. The molecule has 1 aliphatic heterocycles. The van der Waals surface area contributed by atoms with Gasteiger partial charge in [-0.05, 0) is 13.0 Å². The number of hydrogen-bond acceptors (Lipinski definition) is 2. The zero-order valence-corrected chi connectivity index (χ0v) is 5.83. The lowest BCUT2D eigenvalue weighted by Crippen LogP contribution is -2.41. The first-order chi connectivity index (χ1) is 3.80. The van der Waals surface area contributed by atoms with E-state index in [9.17, 15) is 4.39 Å². The van der Waals surface area contributed by atoms with Crippen LogP contribution in [0.2, 0.25) is 0 Å². The van der Waals surface area contributed by atoms with Gasteiger partial charge in [0.05, 0.1) is 6.10 Å². The summed E-state index contributed by atoms with van der Waals surface area (Å²) in [5.41, 5.74) is 0. The normalized spacial score (nSPS) is 35.3. The molecule has 0 amide bonds. The lowest BCUT2D eigenvalue weighted by Gasteiger charge is -2.21. The minimum Gasteiger partial charge on any atom is -0.389 e. The molecule has 0 bridgehead atoms. The zero-order valence-electron chi connectivity index (χ0n) is 5.01. The number of hydrogen-bond donors (Lipinski definition) is 2. The predicted molar refractivity (Wildman–Crippen MR) is 35.6 cm³/mol. The Balaban J connectivity index is 0.000000640. The highest BCUT2D eigenvalue weighted by molar-refractivity contribution is 5.85. The molecule has 0 radical (unpaired) electrons. The summed E-state index contributed by atoms with van der Waals surface area (Å²) in [6.45, 7) is 1.10. The van der Waals surface area contributed by atoms with E-state index in [0.717, 1.165) is 0 Å². The van der Waals surface area contributed by atoms with Gasteiger partial charge in [0.15, 0.2) is 0 Å². The molecule has 4 heteroatoms. The molecule has 2 N–H and O–H groups in total. The van der Waals surface area contributed by atoms with Gasteiger partial charge in [-0.1, -0.05) is 0 Å². The number of rotatable bonds is 0. The fraction of sp³-hybridized carbons (Fsp3) is 1.00. The molecule has 0 unspecified atom stereocenters. The lowest BCUT2D eigenvalue weighted by atomic mass is 10.1. The predicted octanol–water partition coefficient (Wildman–Crippen LogP) is 0.101. The summed E-state index contributed by atoms with van der Waals surface area (Å²) < 4.78 is 12.3. The molecule has 1 fully saturated rings. The Kier molecular flexibility index (Phi) is 4.10. The second kappa shape index (κ2) is 4.04. The van der Waals surface area contributed by atoms with Crippen molar-refractivity contribution in [3.63, 3.8) is 0 Å². The van der Waals surface area contributed by atoms with Crippen LogP contribution in [0.25, 0.3) is 0 Å². The van der Waals surface area contributed by atoms with Crippen molar-refractivity contribution in [2.24, 2.45) is 0 Å². The van der Waals surface area contributed by atoms with Crippen LogP contribution in [0, 0.1) is 0 Å². The molecule has 0 aromatic heterocycles. The van der Waals surface area contributed by atoms with Crippen LogP contribution in [0.15, 0.2) is 0 Å². The third-order valence-electron chi connectivity index (χ3n) is 1.37. The van der Waals surface area contributed by atoms with Gasteiger partial charge in [0, 0.05) is 6.54 Å². The standard InChI is InChI=1S/C5H10FNO.ClH/c6-4-1-2-7-3-5(4)8;/h4-5,7-8H,1-3H2;1H/t4-,5+;/m0./s1. The van der Waals surface area contributed by atoms with Crippen LogP contribution in [0.5, 0.6) is 0 Å². The van der Waals surface area contributed by atoms with Crippen LogP contribution >= 0.6 is 12.4 Å². The largest absolute Gasteiger partial charge is 0.389 e. The number of nitrogens with one attached hydrogen (secondary N) is 1. The molecule has 0 aromatic rings. The number of aliphatic hydroxyl groups is 1. The molecule has 56 valence electrons. The third kappa shape index (κ3) is 2.47. The van der Waals surface area contributed by atoms with E-state index in [1.807, 2.05) is 0 Å². The molecular formula is C5H11ClFNO. The van der Waals surface area contributed by atoms with Crippen molar-refractivity contribution < 1.29 is 9.50 Å². The molecule has 0 saturated carbocycles. The lowest BCUT2D eigenvalue weighted by molar-refractivity contribution is 0.0549. The Hall–Kier alpha value is 0.140. The van der Waals surface area contributed by atoms with Crippen LogP contribution in [0.3, 0.4) is 0 Å². The van der Waals surface area contributed by atoms with Crippen LogP contribution < -0.4 is 5.32 Å². The van der Waals surface area contributed by atoms with Gasteiger partial charge in [-0.15, -0.1) is 12.4 Å². The Morgan fingerprint density at radius 2 is 2.22 bits per heavy atom. The summed E-state index contributed by atoms with van der Waals surface area (Å²) >= 11 is 0. The van der Waals surface area contributed by atoms with E-state index in [-0.39, 0.29) is 12.4 Å². The van der Waals surface area contributed by atoms with Crippen LogP contribution in [-0.2, 0) is 0 Å². The molecule has 1 saturated heterocycles. The zero-order chi connectivity index (χ0) is 5.98. The monoisotopic (exact) mass is 155 g/mol. The minimum absolute atomic E-state index is 0. The van der Waals surface area contributed by atoms with Gasteiger partial charge in [0.1, 0.15) is 6.17 Å². The number of alkyl halides is 1. The van der Waals surface area contributed by atoms with E-state index >= 15 is 0 Å². The highest BCUT2D eigenvalue weighted by Gasteiger charge is 2.20. The van der Waals surface area contributed by atoms with Crippen molar-refractivity contribution >= 4 is 12.4 Å². The summed E-state index contributed by atoms with van der Waals surface area (Å²) in [5.74, 6) is 0. The maximum Gasteiger partial charge on any atom is 0.128 e. The van der Waals surface area contributed by atoms with Gasteiger partial charge in [-0.2, -0.15) is 0 Å². The number of halogens is 2. The summed E-state index contributed by atoms with van der Waals surface area (Å²) in [6.07, 6.45) is -1.33. The van der Waals surface area contributed by atoms with Crippen LogP contribution in [-0.4, -0.2) is 30.5 Å². The van der Waals surface area contributed by atoms with Gasteiger partial charge < -0.3 is 10.4 Å². The molecule has 0 spiro atoms. The summed E-state index contributed by atoms with van der Waals surface area (Å²) in [4.78, 5) is 0. The van der Waals surface area contributed by atoms with E-state index in [0.29, 0.717) is 19.5 Å². The third-order valence-corrected chi connectivity index (χ3v) is 1.37. The summed E-state index contributed by atoms with van der Waals surface area (Å²) in [7, 11) is 0. The molecule has 2 nitrogen and oxygen atoms in total. The molecule has 9 heavy (non-hydrogen) atoms. The molecular weight excluding hydrogens is 145 g/mol. The number of piperidine rings is 1. The molecule has 1 aliphatic rings. The fourth-order valence-corrected chi connectivity index (χ4v) is 0.810. The van der Waals surface area contributed by atoms with E-state index in [1.54, 1.807) is 0 Å². The van der Waals surface area contributed by atoms with Gasteiger partial charge in [-0.25, -0.2) is 4.39 Å². The first kappa shape index (κ1) is 9.14. The van der Waals surface area contributed by atoms with Gasteiger partial charge in [-0.3, -0.25) is 0 Å². The first-order valence-electron chi connectivity index (χ1n) is 2.83. The smallest absolute Gasteiger partial charge is 0.128 e. The summed E-state index contributed by atoms with van der Waals surface area (Å²) in [6, 6.07) is 0. The Labute approximate surface area is 59.9 Å². The molecule has 0 aromatic carbocycles. The summed E-state index contributed by atoms with van der Waals surface area (Å²) in [5, 5.41) is 11.6. The van der Waals surface area contributed by atoms with Crippen molar-refractivity contribution in [1.82, 2.24) is 5.32 Å². The van der Waals surface area contributed by atoms with Crippen molar-refractivity contribution in [3.8, 4) is 0 Å². The van der Waals surface area contributed by atoms with E-state index < -0.39 is 12.3 Å². The van der Waals surface area contributed by atoms with E-state index in [1.165, 1.54) is 0 Å². The van der Waals surface area contributed by atoms with Crippen LogP contribution in [0.4, 0.5) is 4.39 Å². The SMILES string of the molecule is Cl.O[C@@H]1CNCC[C@@H]1F. The van der Waals surface area contributed by atoms with E-state index in [4.69, 9.17) is 5.11 Å². The van der Waals surface area contributed by atoms with Crippen molar-refractivity contribution in [2.75, 3.05) is 13.1 Å². The van der Waals surface area contributed by atoms with Gasteiger partial charge >= 0.3 is 0 Å². The average Bonchev–Trinajstić information content (AvgIpc) is 1.77. The Bertz CT molecular complexity index is 73.4. The Morgan fingerprint density at radius 1 is 1.56 bits per heavy atom.